The van der Waals surface area contributed by atoms with Gasteiger partial charge in [-0.1, -0.05) is 50.0 Å². The van der Waals surface area contributed by atoms with Crippen molar-refractivity contribution < 1.29 is 0 Å². The van der Waals surface area contributed by atoms with E-state index in [1.165, 1.54) is 19.3 Å². The molecule has 1 aliphatic carbocycles. The van der Waals surface area contributed by atoms with Gasteiger partial charge in [-0.3, -0.25) is 0 Å². The Hall–Kier alpha value is -0.240. The maximum Gasteiger partial charge on any atom is 0.0468 e. The molecule has 3 atom stereocenters. The summed E-state index contributed by atoms with van der Waals surface area (Å²) < 4.78 is 0. The SMILES string of the molecule is CC1CC(NC(C)c2ccc(Cl)cc2Cl)CC(C)(C)C1. The Morgan fingerprint density at radius 3 is 2.55 bits per heavy atom. The fourth-order valence-corrected chi connectivity index (χ4v) is 4.34. The Bertz CT molecular complexity index is 470. The molecule has 1 nitrogen and oxygen atoms in total. The molecule has 1 aliphatic rings. The van der Waals surface area contributed by atoms with Gasteiger partial charge in [-0.25, -0.2) is 0 Å². The third kappa shape index (κ3) is 4.13. The van der Waals surface area contributed by atoms with Crippen LogP contribution in [0.1, 0.15) is 58.6 Å². The zero-order chi connectivity index (χ0) is 14.9. The average molecular weight is 314 g/mol. The van der Waals surface area contributed by atoms with Gasteiger partial charge in [-0.05, 0) is 55.2 Å². The van der Waals surface area contributed by atoms with E-state index in [0.717, 1.165) is 16.5 Å². The van der Waals surface area contributed by atoms with E-state index in [2.05, 4.69) is 33.0 Å². The van der Waals surface area contributed by atoms with Crippen molar-refractivity contribution in [2.45, 2.75) is 59.0 Å². The summed E-state index contributed by atoms with van der Waals surface area (Å²) in [4.78, 5) is 0. The molecule has 1 aromatic carbocycles. The van der Waals surface area contributed by atoms with Crippen molar-refractivity contribution in [2.24, 2.45) is 11.3 Å². The van der Waals surface area contributed by atoms with Crippen molar-refractivity contribution in [3.05, 3.63) is 33.8 Å². The van der Waals surface area contributed by atoms with Crippen molar-refractivity contribution in [1.29, 1.82) is 0 Å². The molecule has 0 radical (unpaired) electrons. The zero-order valence-corrected chi connectivity index (χ0v) is 14.4. The highest BCUT2D eigenvalue weighted by Crippen LogP contribution is 2.39. The van der Waals surface area contributed by atoms with E-state index in [9.17, 15) is 0 Å². The van der Waals surface area contributed by atoms with Crippen molar-refractivity contribution in [3.63, 3.8) is 0 Å². The number of rotatable bonds is 3. The van der Waals surface area contributed by atoms with Crippen LogP contribution in [0.15, 0.2) is 18.2 Å². The van der Waals surface area contributed by atoms with Crippen LogP contribution in [0.4, 0.5) is 0 Å². The first kappa shape index (κ1) is 16.1. The van der Waals surface area contributed by atoms with E-state index in [1.54, 1.807) is 0 Å². The van der Waals surface area contributed by atoms with Crippen LogP contribution >= 0.6 is 23.2 Å². The first-order valence-electron chi connectivity index (χ1n) is 7.48. The van der Waals surface area contributed by atoms with E-state index in [1.807, 2.05) is 18.2 Å². The van der Waals surface area contributed by atoms with Crippen molar-refractivity contribution in [1.82, 2.24) is 5.32 Å². The molecular formula is C17H25Cl2N. The van der Waals surface area contributed by atoms with Crippen LogP contribution in [0.5, 0.6) is 0 Å². The second-order valence-corrected chi connectivity index (χ2v) is 8.01. The van der Waals surface area contributed by atoms with Crippen LogP contribution in [0.3, 0.4) is 0 Å². The topological polar surface area (TPSA) is 12.0 Å². The molecule has 3 heteroatoms. The minimum Gasteiger partial charge on any atom is -0.307 e. The minimum atomic E-state index is 0.255. The number of halogens is 2. The van der Waals surface area contributed by atoms with E-state index >= 15 is 0 Å². The van der Waals surface area contributed by atoms with Gasteiger partial charge in [-0.2, -0.15) is 0 Å². The van der Waals surface area contributed by atoms with E-state index in [4.69, 9.17) is 23.2 Å². The number of hydrogen-bond donors (Lipinski definition) is 1. The predicted octanol–water partition coefficient (Wildman–Crippen LogP) is 5.86. The molecule has 1 saturated carbocycles. The van der Waals surface area contributed by atoms with Crippen LogP contribution in [0.25, 0.3) is 0 Å². The molecule has 1 aromatic rings. The molecule has 0 saturated heterocycles. The summed E-state index contributed by atoms with van der Waals surface area (Å²) in [5, 5.41) is 5.20. The first-order chi connectivity index (χ1) is 9.27. The summed E-state index contributed by atoms with van der Waals surface area (Å²) >= 11 is 12.3. The Labute approximate surface area is 133 Å². The first-order valence-corrected chi connectivity index (χ1v) is 8.23. The van der Waals surface area contributed by atoms with Crippen LogP contribution < -0.4 is 5.32 Å². The molecule has 20 heavy (non-hydrogen) atoms. The van der Waals surface area contributed by atoms with Gasteiger partial charge >= 0.3 is 0 Å². The second-order valence-electron chi connectivity index (χ2n) is 7.16. The zero-order valence-electron chi connectivity index (χ0n) is 12.8. The lowest BCUT2D eigenvalue weighted by molar-refractivity contribution is 0.145. The Kier molecular flexibility index (Phi) is 5.05. The van der Waals surface area contributed by atoms with Gasteiger partial charge in [0.1, 0.15) is 0 Å². The minimum absolute atomic E-state index is 0.255. The summed E-state index contributed by atoms with van der Waals surface area (Å²) in [7, 11) is 0. The molecule has 0 amide bonds. The molecule has 0 bridgehead atoms. The third-order valence-corrected chi connectivity index (χ3v) is 4.86. The monoisotopic (exact) mass is 313 g/mol. The number of nitrogens with one attached hydrogen (secondary N) is 1. The maximum atomic E-state index is 6.30. The molecule has 0 spiro atoms. The maximum absolute atomic E-state index is 6.30. The Morgan fingerprint density at radius 1 is 1.25 bits per heavy atom. The average Bonchev–Trinajstić information content (AvgIpc) is 2.25. The van der Waals surface area contributed by atoms with Crippen LogP contribution in [-0.4, -0.2) is 6.04 Å². The summed E-state index contributed by atoms with van der Waals surface area (Å²) in [5.74, 6) is 0.782. The molecular weight excluding hydrogens is 289 g/mol. The second kappa shape index (κ2) is 6.25. The molecule has 112 valence electrons. The predicted molar refractivity (Wildman–Crippen MR) is 88.6 cm³/mol. The fourth-order valence-electron chi connectivity index (χ4n) is 3.77. The van der Waals surface area contributed by atoms with Crippen LogP contribution in [-0.2, 0) is 0 Å². The summed E-state index contributed by atoms with van der Waals surface area (Å²) in [6.07, 6.45) is 3.80. The lowest BCUT2D eigenvalue weighted by atomic mass is 9.70. The fraction of sp³-hybridized carbons (Fsp3) is 0.647. The Balaban J connectivity index is 2.05. The number of benzene rings is 1. The lowest BCUT2D eigenvalue weighted by Crippen LogP contribution is -2.41. The van der Waals surface area contributed by atoms with Gasteiger partial charge in [0.2, 0.25) is 0 Å². The van der Waals surface area contributed by atoms with Gasteiger partial charge in [0.15, 0.2) is 0 Å². The van der Waals surface area contributed by atoms with Crippen molar-refractivity contribution >= 4 is 23.2 Å². The van der Waals surface area contributed by atoms with Crippen molar-refractivity contribution in [2.75, 3.05) is 0 Å². The van der Waals surface area contributed by atoms with Gasteiger partial charge in [0.25, 0.3) is 0 Å². The highest BCUT2D eigenvalue weighted by atomic mass is 35.5. The highest BCUT2D eigenvalue weighted by molar-refractivity contribution is 6.35. The summed E-state index contributed by atoms with van der Waals surface area (Å²) in [6.45, 7) is 9.28. The molecule has 0 heterocycles. The smallest absolute Gasteiger partial charge is 0.0468 e. The van der Waals surface area contributed by atoms with Gasteiger partial charge in [-0.15, -0.1) is 0 Å². The third-order valence-electron chi connectivity index (χ3n) is 4.30. The summed E-state index contributed by atoms with van der Waals surface area (Å²) in [5.41, 5.74) is 1.56. The summed E-state index contributed by atoms with van der Waals surface area (Å²) in [6, 6.07) is 6.58. The molecule has 1 N–H and O–H groups in total. The van der Waals surface area contributed by atoms with Gasteiger partial charge < -0.3 is 5.32 Å². The largest absolute Gasteiger partial charge is 0.307 e. The van der Waals surface area contributed by atoms with Gasteiger partial charge in [0.05, 0.1) is 0 Å². The molecule has 3 unspecified atom stereocenters. The van der Waals surface area contributed by atoms with E-state index in [-0.39, 0.29) is 6.04 Å². The van der Waals surface area contributed by atoms with E-state index < -0.39 is 0 Å². The lowest BCUT2D eigenvalue weighted by Gasteiger charge is -2.40. The molecule has 0 aliphatic heterocycles. The normalized spacial score (nSPS) is 27.3. The molecule has 0 aromatic heterocycles. The quantitative estimate of drug-likeness (QED) is 0.737. The number of hydrogen-bond acceptors (Lipinski definition) is 1. The van der Waals surface area contributed by atoms with Gasteiger partial charge in [0, 0.05) is 22.1 Å². The van der Waals surface area contributed by atoms with E-state index in [0.29, 0.717) is 16.5 Å². The highest BCUT2D eigenvalue weighted by Gasteiger charge is 2.32. The standard InChI is InChI=1S/C17H25Cl2N/c1-11-7-14(10-17(3,4)9-11)20-12(2)15-6-5-13(18)8-16(15)19/h5-6,8,11-12,14,20H,7,9-10H2,1-4H3. The van der Waals surface area contributed by atoms with Crippen LogP contribution in [0, 0.1) is 11.3 Å². The van der Waals surface area contributed by atoms with Crippen molar-refractivity contribution in [3.8, 4) is 0 Å². The van der Waals surface area contributed by atoms with Crippen LogP contribution in [0.2, 0.25) is 10.0 Å². The molecule has 2 rings (SSSR count). The Morgan fingerprint density at radius 2 is 1.95 bits per heavy atom. The molecule has 1 fully saturated rings.